The van der Waals surface area contributed by atoms with Gasteiger partial charge in [0.15, 0.2) is 5.82 Å². The van der Waals surface area contributed by atoms with Gasteiger partial charge in [0.1, 0.15) is 5.76 Å². The van der Waals surface area contributed by atoms with Crippen LogP contribution in [0, 0.1) is 6.92 Å². The fourth-order valence-corrected chi connectivity index (χ4v) is 2.96. The van der Waals surface area contributed by atoms with E-state index in [9.17, 15) is 8.42 Å². The maximum atomic E-state index is 12.3. The lowest BCUT2D eigenvalue weighted by Crippen LogP contribution is -2.13. The Morgan fingerprint density at radius 3 is 2.56 bits per heavy atom. The Balaban J connectivity index is 1.74. The number of hydrogen-bond acceptors (Lipinski definition) is 8. The number of aryl methyl sites for hydroxylation is 1. The van der Waals surface area contributed by atoms with Crippen LogP contribution < -0.4 is 14.8 Å². The highest BCUT2D eigenvalue weighted by Gasteiger charge is 2.16. The number of methoxy groups -OCH3 is 1. The first-order valence-electron chi connectivity index (χ1n) is 7.16. The number of rotatable bonds is 6. The minimum atomic E-state index is -3.75. The third kappa shape index (κ3) is 4.04. The molecule has 0 aliphatic heterocycles. The lowest BCUT2D eigenvalue weighted by molar-refractivity contribution is 0.397. The summed E-state index contributed by atoms with van der Waals surface area (Å²) in [5.74, 6) is 1.40. The summed E-state index contributed by atoms with van der Waals surface area (Å²) in [7, 11) is -2.24. The van der Waals surface area contributed by atoms with E-state index in [1.165, 1.54) is 25.3 Å². The van der Waals surface area contributed by atoms with Crippen molar-refractivity contribution < 1.29 is 17.7 Å². The summed E-state index contributed by atoms with van der Waals surface area (Å²) < 4.78 is 36.8. The van der Waals surface area contributed by atoms with Gasteiger partial charge in [0.05, 0.1) is 12.0 Å². The first-order chi connectivity index (χ1) is 12.0. The summed E-state index contributed by atoms with van der Waals surface area (Å²) in [6.07, 6.45) is 1.55. The van der Waals surface area contributed by atoms with Gasteiger partial charge in [0.2, 0.25) is 11.8 Å². The van der Waals surface area contributed by atoms with Crippen molar-refractivity contribution in [3.8, 4) is 5.88 Å². The van der Waals surface area contributed by atoms with Gasteiger partial charge in [0.25, 0.3) is 10.0 Å². The molecule has 0 bridgehead atoms. The van der Waals surface area contributed by atoms with Crippen LogP contribution in [0.4, 0.5) is 17.5 Å². The number of ether oxygens (including phenoxy) is 1. The molecule has 2 heterocycles. The highest BCUT2D eigenvalue weighted by molar-refractivity contribution is 7.92. The zero-order chi connectivity index (χ0) is 17.9. The Kier molecular flexibility index (Phi) is 4.52. The van der Waals surface area contributed by atoms with Crippen LogP contribution in [-0.2, 0) is 10.0 Å². The van der Waals surface area contributed by atoms with E-state index in [4.69, 9.17) is 9.26 Å². The van der Waals surface area contributed by atoms with E-state index in [-0.39, 0.29) is 10.7 Å². The van der Waals surface area contributed by atoms with Gasteiger partial charge < -0.3 is 14.6 Å². The van der Waals surface area contributed by atoms with Crippen molar-refractivity contribution in [2.24, 2.45) is 0 Å². The van der Waals surface area contributed by atoms with Crippen LogP contribution in [0.5, 0.6) is 5.88 Å². The van der Waals surface area contributed by atoms with Crippen molar-refractivity contribution in [1.82, 2.24) is 15.1 Å². The lowest BCUT2D eigenvalue weighted by atomic mass is 10.3. The van der Waals surface area contributed by atoms with E-state index >= 15 is 0 Å². The molecule has 2 N–H and O–H groups in total. The molecule has 2 aromatic heterocycles. The monoisotopic (exact) mass is 361 g/mol. The molecule has 0 atom stereocenters. The molecule has 130 valence electrons. The smallest absolute Gasteiger partial charge is 0.263 e. The van der Waals surface area contributed by atoms with Crippen LogP contribution in [0.3, 0.4) is 0 Å². The predicted octanol–water partition coefficient (Wildman–Crippen LogP) is 2.33. The number of anilines is 3. The van der Waals surface area contributed by atoms with E-state index in [1.54, 1.807) is 31.3 Å². The summed E-state index contributed by atoms with van der Waals surface area (Å²) in [6, 6.07) is 9.23. The molecular weight excluding hydrogens is 346 g/mol. The first kappa shape index (κ1) is 16.7. The molecule has 0 amide bonds. The fourth-order valence-electron chi connectivity index (χ4n) is 1.97. The molecule has 0 fully saturated rings. The standard InChI is InChI=1S/C15H15N5O4S/c1-10-9-13(19-24-10)20-25(21,22)12-5-3-11(4-6-12)17-15-16-8-7-14(18-15)23-2/h3-9H,1-2H3,(H,19,20)(H,16,17,18). The molecular formula is C15H15N5O4S. The summed E-state index contributed by atoms with van der Waals surface area (Å²) in [5.41, 5.74) is 0.629. The zero-order valence-corrected chi connectivity index (χ0v) is 14.2. The average Bonchev–Trinajstić information content (AvgIpc) is 2.99. The number of sulfonamides is 1. The molecule has 9 nitrogen and oxygen atoms in total. The van der Waals surface area contributed by atoms with Gasteiger partial charge in [-0.1, -0.05) is 5.16 Å². The van der Waals surface area contributed by atoms with Crippen LogP contribution in [0.15, 0.2) is 52.0 Å². The third-order valence-corrected chi connectivity index (χ3v) is 4.50. The molecule has 0 saturated heterocycles. The van der Waals surface area contributed by atoms with Gasteiger partial charge in [-0.15, -0.1) is 0 Å². The van der Waals surface area contributed by atoms with Crippen LogP contribution in [0.25, 0.3) is 0 Å². The number of aromatic nitrogens is 3. The quantitative estimate of drug-likeness (QED) is 0.686. The molecule has 0 spiro atoms. The fraction of sp³-hybridized carbons (Fsp3) is 0.133. The molecule has 3 aromatic rings. The van der Waals surface area contributed by atoms with Crippen LogP contribution in [0.2, 0.25) is 0 Å². The minimum Gasteiger partial charge on any atom is -0.481 e. The Labute approximate surface area is 144 Å². The highest BCUT2D eigenvalue weighted by atomic mass is 32.2. The van der Waals surface area contributed by atoms with E-state index < -0.39 is 10.0 Å². The molecule has 0 unspecified atom stereocenters. The molecule has 0 saturated carbocycles. The predicted molar refractivity (Wildman–Crippen MR) is 90.4 cm³/mol. The van der Waals surface area contributed by atoms with Gasteiger partial charge in [0, 0.05) is 24.0 Å². The Hall–Kier alpha value is -3.14. The molecule has 3 rings (SSSR count). The van der Waals surface area contributed by atoms with Crippen LogP contribution in [-0.4, -0.2) is 30.7 Å². The first-order valence-corrected chi connectivity index (χ1v) is 8.65. The Morgan fingerprint density at radius 2 is 1.92 bits per heavy atom. The number of nitrogens with zero attached hydrogens (tertiary/aromatic N) is 3. The van der Waals surface area contributed by atoms with Crippen molar-refractivity contribution in [2.45, 2.75) is 11.8 Å². The number of benzene rings is 1. The van der Waals surface area contributed by atoms with Gasteiger partial charge >= 0.3 is 0 Å². The Morgan fingerprint density at radius 1 is 1.16 bits per heavy atom. The molecule has 0 aliphatic rings. The van der Waals surface area contributed by atoms with E-state index in [1.807, 2.05) is 0 Å². The van der Waals surface area contributed by atoms with Gasteiger partial charge in [-0.05, 0) is 31.2 Å². The normalized spacial score (nSPS) is 11.1. The zero-order valence-electron chi connectivity index (χ0n) is 13.4. The number of nitrogens with one attached hydrogen (secondary N) is 2. The summed E-state index contributed by atoms with van der Waals surface area (Å²) in [4.78, 5) is 8.27. The van der Waals surface area contributed by atoms with Crippen molar-refractivity contribution in [3.05, 3.63) is 48.4 Å². The second-order valence-corrected chi connectivity index (χ2v) is 6.68. The third-order valence-electron chi connectivity index (χ3n) is 3.13. The summed E-state index contributed by atoms with van der Waals surface area (Å²) in [6.45, 7) is 1.67. The van der Waals surface area contributed by atoms with E-state index in [0.717, 1.165) is 0 Å². The molecule has 25 heavy (non-hydrogen) atoms. The van der Waals surface area contributed by atoms with Gasteiger partial charge in [-0.25, -0.2) is 13.4 Å². The maximum Gasteiger partial charge on any atom is 0.263 e. The number of hydrogen-bond donors (Lipinski definition) is 2. The molecule has 0 aliphatic carbocycles. The van der Waals surface area contributed by atoms with Crippen molar-refractivity contribution in [1.29, 1.82) is 0 Å². The second kappa shape index (κ2) is 6.77. The average molecular weight is 361 g/mol. The van der Waals surface area contributed by atoms with E-state index in [0.29, 0.717) is 23.3 Å². The van der Waals surface area contributed by atoms with Crippen molar-refractivity contribution in [3.63, 3.8) is 0 Å². The Bertz CT molecular complexity index is 970. The van der Waals surface area contributed by atoms with Gasteiger partial charge in [-0.2, -0.15) is 4.98 Å². The highest BCUT2D eigenvalue weighted by Crippen LogP contribution is 2.20. The lowest BCUT2D eigenvalue weighted by Gasteiger charge is -2.08. The molecule has 0 radical (unpaired) electrons. The van der Waals surface area contributed by atoms with Crippen molar-refractivity contribution >= 4 is 27.5 Å². The second-order valence-electron chi connectivity index (χ2n) is 5.00. The van der Waals surface area contributed by atoms with Crippen molar-refractivity contribution in [2.75, 3.05) is 17.1 Å². The largest absolute Gasteiger partial charge is 0.481 e. The minimum absolute atomic E-state index is 0.0882. The summed E-state index contributed by atoms with van der Waals surface area (Å²) in [5, 5.41) is 6.58. The molecule has 1 aromatic carbocycles. The molecule has 10 heteroatoms. The van der Waals surface area contributed by atoms with Crippen LogP contribution in [0.1, 0.15) is 5.76 Å². The van der Waals surface area contributed by atoms with E-state index in [2.05, 4.69) is 25.2 Å². The van der Waals surface area contributed by atoms with Crippen LogP contribution >= 0.6 is 0 Å². The SMILES string of the molecule is COc1ccnc(Nc2ccc(S(=O)(=O)Nc3cc(C)on3)cc2)n1. The topological polar surface area (TPSA) is 119 Å². The summed E-state index contributed by atoms with van der Waals surface area (Å²) >= 11 is 0. The maximum absolute atomic E-state index is 12.3. The van der Waals surface area contributed by atoms with Gasteiger partial charge in [-0.3, -0.25) is 4.72 Å².